The first-order chi connectivity index (χ1) is 8.25. The van der Waals surface area contributed by atoms with Crippen LogP contribution in [-0.4, -0.2) is 35.6 Å². The Morgan fingerprint density at radius 3 is 2.76 bits per heavy atom. The van der Waals surface area contributed by atoms with Gasteiger partial charge in [-0.3, -0.25) is 4.90 Å². The van der Waals surface area contributed by atoms with Crippen molar-refractivity contribution in [3.05, 3.63) is 23.4 Å². The normalized spacial score (nSPS) is 18.9. The van der Waals surface area contributed by atoms with E-state index in [1.54, 1.807) is 6.20 Å². The van der Waals surface area contributed by atoms with Crippen LogP contribution in [0.25, 0.3) is 0 Å². The summed E-state index contributed by atoms with van der Waals surface area (Å²) in [5.74, 6) is 0.901. The molecule has 0 radical (unpaired) electrons. The van der Waals surface area contributed by atoms with Gasteiger partial charge >= 0.3 is 0 Å². The number of nitrogens with one attached hydrogen (secondary N) is 1. The molecule has 0 amide bonds. The van der Waals surface area contributed by atoms with Crippen molar-refractivity contribution in [1.29, 1.82) is 0 Å². The van der Waals surface area contributed by atoms with Crippen molar-refractivity contribution in [2.24, 2.45) is 0 Å². The number of nitrogens with zero attached hydrogens (tertiary/aromatic N) is 2. The average Bonchev–Trinajstić information content (AvgIpc) is 2.39. The molecule has 1 aromatic rings. The van der Waals surface area contributed by atoms with E-state index in [2.05, 4.69) is 22.1 Å². The van der Waals surface area contributed by atoms with E-state index in [1.807, 2.05) is 12.1 Å². The van der Waals surface area contributed by atoms with Gasteiger partial charge in [-0.25, -0.2) is 4.98 Å². The van der Waals surface area contributed by atoms with Crippen LogP contribution in [0.5, 0.6) is 0 Å². The average molecular weight is 254 g/mol. The van der Waals surface area contributed by atoms with E-state index in [-0.39, 0.29) is 0 Å². The SMILES string of the molecule is CC(CNc1ccc(Cl)cn1)N1CCCCC1. The summed E-state index contributed by atoms with van der Waals surface area (Å²) in [5.41, 5.74) is 0. The maximum atomic E-state index is 5.80. The summed E-state index contributed by atoms with van der Waals surface area (Å²) in [6.45, 7) is 5.68. The topological polar surface area (TPSA) is 28.2 Å². The lowest BCUT2D eigenvalue weighted by atomic mass is 10.1. The summed E-state index contributed by atoms with van der Waals surface area (Å²) >= 11 is 5.80. The Kier molecular flexibility index (Phi) is 4.63. The van der Waals surface area contributed by atoms with Gasteiger partial charge < -0.3 is 5.32 Å². The highest BCUT2D eigenvalue weighted by Gasteiger charge is 2.16. The first kappa shape index (κ1) is 12.7. The lowest BCUT2D eigenvalue weighted by Gasteiger charge is -2.32. The molecule has 1 unspecified atom stereocenters. The van der Waals surface area contributed by atoms with E-state index in [0.717, 1.165) is 12.4 Å². The van der Waals surface area contributed by atoms with Crippen LogP contribution in [0.2, 0.25) is 5.02 Å². The number of hydrogen-bond acceptors (Lipinski definition) is 3. The highest BCUT2D eigenvalue weighted by atomic mass is 35.5. The highest BCUT2D eigenvalue weighted by molar-refractivity contribution is 6.30. The molecule has 1 saturated heterocycles. The van der Waals surface area contributed by atoms with E-state index in [4.69, 9.17) is 11.6 Å². The van der Waals surface area contributed by atoms with Crippen LogP contribution in [0, 0.1) is 0 Å². The quantitative estimate of drug-likeness (QED) is 0.894. The van der Waals surface area contributed by atoms with Crippen molar-refractivity contribution in [1.82, 2.24) is 9.88 Å². The zero-order chi connectivity index (χ0) is 12.1. The lowest BCUT2D eigenvalue weighted by Crippen LogP contribution is -2.41. The van der Waals surface area contributed by atoms with Crippen LogP contribution in [-0.2, 0) is 0 Å². The number of halogens is 1. The lowest BCUT2D eigenvalue weighted by molar-refractivity contribution is 0.180. The zero-order valence-electron chi connectivity index (χ0n) is 10.3. The van der Waals surface area contributed by atoms with Crippen molar-refractivity contribution in [3.63, 3.8) is 0 Å². The van der Waals surface area contributed by atoms with Crippen molar-refractivity contribution >= 4 is 17.4 Å². The highest BCUT2D eigenvalue weighted by Crippen LogP contribution is 2.13. The Morgan fingerprint density at radius 2 is 2.12 bits per heavy atom. The smallest absolute Gasteiger partial charge is 0.126 e. The predicted octanol–water partition coefficient (Wildman–Crippen LogP) is 3.02. The van der Waals surface area contributed by atoms with Gasteiger partial charge in [0.25, 0.3) is 0 Å². The molecule has 0 aliphatic carbocycles. The van der Waals surface area contributed by atoms with Gasteiger partial charge in [0, 0.05) is 18.8 Å². The molecule has 1 atom stereocenters. The van der Waals surface area contributed by atoms with E-state index < -0.39 is 0 Å². The number of piperidine rings is 1. The monoisotopic (exact) mass is 253 g/mol. The first-order valence-electron chi connectivity index (χ1n) is 6.35. The predicted molar refractivity (Wildman–Crippen MR) is 72.6 cm³/mol. The molecular formula is C13H20ClN3. The molecule has 1 fully saturated rings. The van der Waals surface area contributed by atoms with Crippen LogP contribution >= 0.6 is 11.6 Å². The molecule has 0 bridgehead atoms. The van der Waals surface area contributed by atoms with E-state index in [9.17, 15) is 0 Å². The van der Waals surface area contributed by atoms with Crippen molar-refractivity contribution < 1.29 is 0 Å². The third-order valence-corrected chi connectivity index (χ3v) is 3.54. The number of anilines is 1. The van der Waals surface area contributed by atoms with Gasteiger partial charge in [0.05, 0.1) is 5.02 Å². The van der Waals surface area contributed by atoms with Crippen molar-refractivity contribution in [2.45, 2.75) is 32.2 Å². The van der Waals surface area contributed by atoms with Crippen LogP contribution in [0.1, 0.15) is 26.2 Å². The second-order valence-electron chi connectivity index (χ2n) is 4.69. The van der Waals surface area contributed by atoms with E-state index in [0.29, 0.717) is 11.1 Å². The number of rotatable bonds is 4. The second-order valence-corrected chi connectivity index (χ2v) is 5.12. The van der Waals surface area contributed by atoms with Gasteiger partial charge in [-0.1, -0.05) is 18.0 Å². The summed E-state index contributed by atoms with van der Waals surface area (Å²) < 4.78 is 0. The van der Waals surface area contributed by atoms with Crippen LogP contribution in [0.15, 0.2) is 18.3 Å². The fraction of sp³-hybridized carbons (Fsp3) is 0.615. The third-order valence-electron chi connectivity index (χ3n) is 3.32. The Labute approximate surface area is 108 Å². The second kappa shape index (κ2) is 6.22. The van der Waals surface area contributed by atoms with E-state index >= 15 is 0 Å². The largest absolute Gasteiger partial charge is 0.369 e. The van der Waals surface area contributed by atoms with Crippen LogP contribution in [0.3, 0.4) is 0 Å². The van der Waals surface area contributed by atoms with Crippen molar-refractivity contribution in [2.75, 3.05) is 25.0 Å². The van der Waals surface area contributed by atoms with Crippen LogP contribution in [0.4, 0.5) is 5.82 Å². The molecule has 1 aliphatic rings. The number of pyridine rings is 1. The molecule has 0 saturated carbocycles. The Balaban J connectivity index is 1.78. The minimum atomic E-state index is 0.563. The molecule has 4 heteroatoms. The molecule has 2 rings (SSSR count). The summed E-state index contributed by atoms with van der Waals surface area (Å²) in [5, 5.41) is 4.04. The Bertz CT molecular complexity index is 333. The molecule has 0 spiro atoms. The standard InChI is InChI=1S/C13H20ClN3/c1-11(17-7-3-2-4-8-17)9-15-13-6-5-12(14)10-16-13/h5-6,10-11H,2-4,7-9H2,1H3,(H,15,16). The van der Waals surface area contributed by atoms with Gasteiger partial charge in [-0.15, -0.1) is 0 Å². The summed E-state index contributed by atoms with van der Waals surface area (Å²) in [4.78, 5) is 6.78. The molecule has 1 aliphatic heterocycles. The molecule has 3 nitrogen and oxygen atoms in total. The summed E-state index contributed by atoms with van der Waals surface area (Å²) in [6, 6.07) is 4.35. The maximum Gasteiger partial charge on any atom is 0.126 e. The van der Waals surface area contributed by atoms with Gasteiger partial charge in [0.1, 0.15) is 5.82 Å². The third kappa shape index (κ3) is 3.86. The molecular weight excluding hydrogens is 234 g/mol. The fourth-order valence-electron chi connectivity index (χ4n) is 2.22. The zero-order valence-corrected chi connectivity index (χ0v) is 11.1. The molecule has 1 aromatic heterocycles. The number of aromatic nitrogens is 1. The number of likely N-dealkylation sites (tertiary alicyclic amines) is 1. The molecule has 17 heavy (non-hydrogen) atoms. The van der Waals surface area contributed by atoms with Gasteiger partial charge in [-0.2, -0.15) is 0 Å². The molecule has 1 N–H and O–H groups in total. The number of hydrogen-bond donors (Lipinski definition) is 1. The molecule has 2 heterocycles. The molecule has 0 aromatic carbocycles. The summed E-state index contributed by atoms with van der Waals surface area (Å²) in [6.07, 6.45) is 5.73. The Morgan fingerprint density at radius 1 is 1.35 bits per heavy atom. The fourth-order valence-corrected chi connectivity index (χ4v) is 2.33. The minimum absolute atomic E-state index is 0.563. The first-order valence-corrected chi connectivity index (χ1v) is 6.73. The van der Waals surface area contributed by atoms with Crippen LogP contribution < -0.4 is 5.32 Å². The maximum absolute atomic E-state index is 5.80. The van der Waals surface area contributed by atoms with Gasteiger partial charge in [0.15, 0.2) is 0 Å². The van der Waals surface area contributed by atoms with E-state index in [1.165, 1.54) is 32.4 Å². The van der Waals surface area contributed by atoms with Gasteiger partial charge in [-0.05, 0) is 45.0 Å². The Hall–Kier alpha value is -0.800. The van der Waals surface area contributed by atoms with Crippen molar-refractivity contribution in [3.8, 4) is 0 Å². The molecule has 94 valence electrons. The minimum Gasteiger partial charge on any atom is -0.369 e. The van der Waals surface area contributed by atoms with Gasteiger partial charge in [0.2, 0.25) is 0 Å². The summed E-state index contributed by atoms with van der Waals surface area (Å²) in [7, 11) is 0.